The van der Waals surface area contributed by atoms with Crippen molar-refractivity contribution in [2.24, 2.45) is 0 Å². The van der Waals surface area contributed by atoms with E-state index in [-0.39, 0.29) is 0 Å². The number of alkyl halides is 1. The Morgan fingerprint density at radius 3 is 2.38 bits per heavy atom. The molecule has 0 aliphatic carbocycles. The molecule has 4 heteroatoms. The van der Waals surface area contributed by atoms with Crippen molar-refractivity contribution in [3.05, 3.63) is 35.9 Å². The molecule has 2 atom stereocenters. The molecule has 0 radical (unpaired) electrons. The summed E-state index contributed by atoms with van der Waals surface area (Å²) in [7, 11) is 0. The second-order valence-electron chi connectivity index (χ2n) is 2.67. The molecule has 13 heavy (non-hydrogen) atoms. The van der Waals surface area contributed by atoms with Gasteiger partial charge in [-0.2, -0.15) is 4.39 Å². The van der Waals surface area contributed by atoms with E-state index >= 15 is 0 Å². The summed E-state index contributed by atoms with van der Waals surface area (Å²) in [5.74, 6) is 0. The lowest BCUT2D eigenvalue weighted by Gasteiger charge is -2.07. The Balaban J connectivity index is 2.23. The van der Waals surface area contributed by atoms with Crippen molar-refractivity contribution in [1.82, 2.24) is 0 Å². The highest BCUT2D eigenvalue weighted by Crippen LogP contribution is 2.30. The van der Waals surface area contributed by atoms with Crippen LogP contribution in [0.3, 0.4) is 0 Å². The number of carbonyl (C=O) groups is 1. The molecule has 0 bridgehead atoms. The minimum absolute atomic E-state index is 0.598. The number of hydrogen-bond acceptors (Lipinski definition) is 3. The fraction of sp³-hybridized carbons (Fsp3) is 0.222. The van der Waals surface area contributed by atoms with Gasteiger partial charge in [0.05, 0.1) is 0 Å². The van der Waals surface area contributed by atoms with Gasteiger partial charge in [0.2, 0.25) is 0 Å². The van der Waals surface area contributed by atoms with Crippen molar-refractivity contribution in [1.29, 1.82) is 0 Å². The maximum Gasteiger partial charge on any atom is 0.511 e. The van der Waals surface area contributed by atoms with Crippen LogP contribution in [-0.2, 0) is 9.47 Å². The van der Waals surface area contributed by atoms with Gasteiger partial charge in [0, 0.05) is 0 Å². The van der Waals surface area contributed by atoms with Gasteiger partial charge in [-0.15, -0.1) is 0 Å². The number of hydrogen-bond donors (Lipinski definition) is 0. The van der Waals surface area contributed by atoms with Crippen LogP contribution in [0.5, 0.6) is 0 Å². The van der Waals surface area contributed by atoms with Crippen molar-refractivity contribution in [3.63, 3.8) is 0 Å². The van der Waals surface area contributed by atoms with Gasteiger partial charge in [-0.05, 0) is 5.56 Å². The predicted octanol–water partition coefficient (Wildman–Crippen LogP) is 2.19. The highest BCUT2D eigenvalue weighted by molar-refractivity contribution is 5.62. The third-order valence-corrected chi connectivity index (χ3v) is 1.80. The summed E-state index contributed by atoms with van der Waals surface area (Å²) in [6.45, 7) is 0. The Labute approximate surface area is 74.1 Å². The van der Waals surface area contributed by atoms with Gasteiger partial charge >= 0.3 is 6.16 Å². The lowest BCUT2D eigenvalue weighted by atomic mass is 10.1. The third-order valence-electron chi connectivity index (χ3n) is 1.80. The van der Waals surface area contributed by atoms with E-state index in [2.05, 4.69) is 9.47 Å². The zero-order valence-corrected chi connectivity index (χ0v) is 6.64. The fourth-order valence-corrected chi connectivity index (χ4v) is 1.20. The molecule has 0 amide bonds. The van der Waals surface area contributed by atoms with Gasteiger partial charge in [0.25, 0.3) is 6.36 Å². The molecule has 1 fully saturated rings. The number of cyclic esters (lactones) is 2. The molecule has 2 rings (SSSR count). The quantitative estimate of drug-likeness (QED) is 0.624. The zero-order chi connectivity index (χ0) is 9.26. The van der Waals surface area contributed by atoms with Crippen LogP contribution >= 0.6 is 0 Å². The van der Waals surface area contributed by atoms with Crippen molar-refractivity contribution >= 4 is 6.16 Å². The number of rotatable bonds is 1. The van der Waals surface area contributed by atoms with E-state index in [0.29, 0.717) is 5.56 Å². The molecular formula is C9H7FO3. The first kappa shape index (κ1) is 8.04. The smallest absolute Gasteiger partial charge is 0.419 e. The average molecular weight is 182 g/mol. The first-order chi connectivity index (χ1) is 6.27. The molecule has 1 saturated heterocycles. The standard InChI is InChI=1S/C9H7FO3/c10-8-7(12-9(11)13-8)6-4-2-1-3-5-6/h1-5,7-8H. The van der Waals surface area contributed by atoms with Crippen LogP contribution in [0.15, 0.2) is 30.3 Å². The van der Waals surface area contributed by atoms with E-state index < -0.39 is 18.6 Å². The summed E-state index contributed by atoms with van der Waals surface area (Å²) in [6, 6.07) is 8.65. The second-order valence-corrected chi connectivity index (χ2v) is 2.67. The third kappa shape index (κ3) is 1.47. The molecule has 1 aromatic rings. The van der Waals surface area contributed by atoms with Crippen LogP contribution in [0, 0.1) is 0 Å². The Hall–Kier alpha value is -1.58. The van der Waals surface area contributed by atoms with Crippen LogP contribution < -0.4 is 0 Å². The van der Waals surface area contributed by atoms with Crippen molar-refractivity contribution < 1.29 is 18.7 Å². The van der Waals surface area contributed by atoms with E-state index in [0.717, 1.165) is 0 Å². The Morgan fingerprint density at radius 1 is 1.15 bits per heavy atom. The molecule has 0 spiro atoms. The van der Waals surface area contributed by atoms with Crippen molar-refractivity contribution in [2.75, 3.05) is 0 Å². The first-order valence-electron chi connectivity index (χ1n) is 3.83. The molecule has 1 aliphatic heterocycles. The van der Waals surface area contributed by atoms with Crippen LogP contribution in [0.4, 0.5) is 9.18 Å². The fourth-order valence-electron chi connectivity index (χ4n) is 1.20. The minimum Gasteiger partial charge on any atom is -0.419 e. The molecular weight excluding hydrogens is 175 g/mol. The van der Waals surface area contributed by atoms with E-state index in [9.17, 15) is 9.18 Å². The van der Waals surface area contributed by atoms with Gasteiger partial charge in [-0.3, -0.25) is 0 Å². The Bertz CT molecular complexity index is 312. The van der Waals surface area contributed by atoms with E-state index in [1.54, 1.807) is 30.3 Å². The summed E-state index contributed by atoms with van der Waals surface area (Å²) in [5, 5.41) is 0. The molecule has 3 nitrogen and oxygen atoms in total. The van der Waals surface area contributed by atoms with Crippen LogP contribution in [0.1, 0.15) is 11.7 Å². The summed E-state index contributed by atoms with van der Waals surface area (Å²) < 4.78 is 21.8. The first-order valence-corrected chi connectivity index (χ1v) is 3.83. The maximum absolute atomic E-state index is 13.0. The van der Waals surface area contributed by atoms with Crippen molar-refractivity contribution in [3.8, 4) is 0 Å². The monoisotopic (exact) mass is 182 g/mol. The predicted molar refractivity (Wildman–Crippen MR) is 41.6 cm³/mol. The van der Waals surface area contributed by atoms with Gasteiger partial charge < -0.3 is 9.47 Å². The maximum atomic E-state index is 13.0. The number of halogens is 1. The van der Waals surface area contributed by atoms with Crippen LogP contribution in [0.25, 0.3) is 0 Å². The molecule has 68 valence electrons. The van der Waals surface area contributed by atoms with Gasteiger partial charge in [-0.1, -0.05) is 30.3 Å². The summed E-state index contributed by atoms with van der Waals surface area (Å²) >= 11 is 0. The minimum atomic E-state index is -1.70. The topological polar surface area (TPSA) is 35.5 Å². The van der Waals surface area contributed by atoms with Crippen LogP contribution in [0.2, 0.25) is 0 Å². The van der Waals surface area contributed by atoms with E-state index in [1.807, 2.05) is 0 Å². The Kier molecular flexibility index (Phi) is 1.88. The summed E-state index contributed by atoms with van der Waals surface area (Å²) in [5.41, 5.74) is 0.598. The van der Waals surface area contributed by atoms with Gasteiger partial charge in [-0.25, -0.2) is 4.79 Å². The second kappa shape index (κ2) is 3.05. The number of ether oxygens (including phenoxy) is 2. The highest BCUT2D eigenvalue weighted by Gasteiger charge is 2.37. The lowest BCUT2D eigenvalue weighted by molar-refractivity contribution is 0.0309. The average Bonchev–Trinajstić information content (AvgIpc) is 2.47. The van der Waals surface area contributed by atoms with Gasteiger partial charge in [0.15, 0.2) is 6.10 Å². The SMILES string of the molecule is O=C1OC(F)C(c2ccccc2)O1. The van der Waals surface area contributed by atoms with E-state index in [1.165, 1.54) is 0 Å². The molecule has 2 unspecified atom stereocenters. The Morgan fingerprint density at radius 2 is 1.85 bits per heavy atom. The molecule has 1 heterocycles. The normalized spacial score (nSPS) is 26.7. The van der Waals surface area contributed by atoms with E-state index in [4.69, 9.17) is 0 Å². The highest BCUT2D eigenvalue weighted by atomic mass is 19.1. The van der Waals surface area contributed by atoms with Crippen LogP contribution in [-0.4, -0.2) is 12.5 Å². The number of carbonyl (C=O) groups excluding carboxylic acids is 1. The van der Waals surface area contributed by atoms with Crippen molar-refractivity contribution in [2.45, 2.75) is 12.5 Å². The zero-order valence-electron chi connectivity index (χ0n) is 6.64. The molecule has 0 saturated carbocycles. The molecule has 0 N–H and O–H groups in total. The number of benzene rings is 1. The molecule has 0 aromatic heterocycles. The van der Waals surface area contributed by atoms with Gasteiger partial charge in [0.1, 0.15) is 0 Å². The summed E-state index contributed by atoms with van der Waals surface area (Å²) in [6.07, 6.45) is -3.58. The lowest BCUT2D eigenvalue weighted by Crippen LogP contribution is -2.08. The largest absolute Gasteiger partial charge is 0.511 e. The summed E-state index contributed by atoms with van der Waals surface area (Å²) in [4.78, 5) is 10.6. The molecule has 1 aliphatic rings. The molecule has 1 aromatic carbocycles.